The number of fused-ring (bicyclic) bond motifs is 1. The topological polar surface area (TPSA) is 115 Å². The number of benzene rings is 1. The lowest BCUT2D eigenvalue weighted by molar-refractivity contribution is 0.0691. The number of anilines is 2. The first-order valence-electron chi connectivity index (χ1n) is 12.5. The van der Waals surface area contributed by atoms with Gasteiger partial charge < -0.3 is 15.3 Å². The van der Waals surface area contributed by atoms with Gasteiger partial charge in [0.15, 0.2) is 17.2 Å². The van der Waals surface area contributed by atoms with Crippen LogP contribution in [-0.4, -0.2) is 38.1 Å². The zero-order valence-electron chi connectivity index (χ0n) is 20.2. The van der Waals surface area contributed by atoms with Crippen LogP contribution in [0, 0.1) is 30.1 Å². The summed E-state index contributed by atoms with van der Waals surface area (Å²) in [6.07, 6.45) is 6.01. The smallest absolute Gasteiger partial charge is 0.356 e. The predicted molar refractivity (Wildman–Crippen MR) is 137 cm³/mol. The molecular weight excluding hydrogens is 476 g/mol. The number of aromatic nitrogens is 3. The molecule has 2 saturated carbocycles. The average molecular weight is 503 g/mol. The van der Waals surface area contributed by atoms with Crippen LogP contribution in [-0.2, 0) is 0 Å². The minimum absolute atomic E-state index is 0.121. The van der Waals surface area contributed by atoms with E-state index in [2.05, 4.69) is 21.3 Å². The molecule has 2 saturated heterocycles. The molecule has 0 unspecified atom stereocenters. The molecule has 36 heavy (non-hydrogen) atoms. The minimum atomic E-state index is -1.16. The molecule has 2 aliphatic heterocycles. The lowest BCUT2D eigenvalue weighted by atomic mass is 9.63. The van der Waals surface area contributed by atoms with Crippen LogP contribution in [0.4, 0.5) is 11.5 Å². The van der Waals surface area contributed by atoms with E-state index in [1.54, 1.807) is 12.1 Å². The zero-order chi connectivity index (χ0) is 25.1. The highest BCUT2D eigenvalue weighted by molar-refractivity contribution is 6.29. The Labute approximate surface area is 214 Å². The number of nitrogens with zero attached hydrogens (tertiary/aromatic N) is 5. The van der Waals surface area contributed by atoms with Gasteiger partial charge >= 0.3 is 5.97 Å². The molecule has 7 rings (SSSR count). The number of hydrogen-bond donors (Lipinski definition) is 2. The summed E-state index contributed by atoms with van der Waals surface area (Å²) in [5.74, 6) is 1.12. The van der Waals surface area contributed by atoms with Crippen LogP contribution in [0.5, 0.6) is 0 Å². The monoisotopic (exact) mass is 502 g/mol. The van der Waals surface area contributed by atoms with Crippen LogP contribution in [0.1, 0.15) is 72.4 Å². The molecule has 4 aliphatic rings. The molecular formula is C27H27ClN6O2. The fourth-order valence-corrected chi connectivity index (χ4v) is 6.96. The second-order valence-electron chi connectivity index (χ2n) is 10.6. The number of halogens is 1. The molecule has 2 N–H and O–H groups in total. The predicted octanol–water partition coefficient (Wildman–Crippen LogP) is 5.50. The highest BCUT2D eigenvalue weighted by Crippen LogP contribution is 2.50. The van der Waals surface area contributed by atoms with Gasteiger partial charge in [-0.3, -0.25) is 0 Å². The number of carbonyl (C=O) groups is 1. The molecule has 4 heterocycles. The molecule has 184 valence electrons. The highest BCUT2D eigenvalue weighted by Gasteiger charge is 2.48. The number of rotatable bonds is 5. The van der Waals surface area contributed by atoms with Crippen molar-refractivity contribution in [2.24, 2.45) is 11.8 Å². The molecule has 3 aromatic rings. The Kier molecular flexibility index (Phi) is 5.49. The molecule has 1 atom stereocenters. The minimum Gasteiger partial charge on any atom is -0.476 e. The second kappa shape index (κ2) is 8.59. The summed E-state index contributed by atoms with van der Waals surface area (Å²) in [6.45, 7) is 3.93. The Morgan fingerprint density at radius 2 is 1.83 bits per heavy atom. The van der Waals surface area contributed by atoms with Crippen LogP contribution in [0.15, 0.2) is 24.3 Å². The van der Waals surface area contributed by atoms with E-state index in [0.717, 1.165) is 54.2 Å². The van der Waals surface area contributed by atoms with Crippen LogP contribution in [0.25, 0.3) is 11.0 Å². The van der Waals surface area contributed by atoms with E-state index in [1.807, 2.05) is 26.0 Å². The molecule has 1 aromatic carbocycles. The summed E-state index contributed by atoms with van der Waals surface area (Å²) < 4.78 is 0. The van der Waals surface area contributed by atoms with Gasteiger partial charge in [0.05, 0.1) is 22.8 Å². The molecule has 2 aliphatic carbocycles. The third-order valence-corrected chi connectivity index (χ3v) is 8.26. The number of hydrogen-bond acceptors (Lipinski definition) is 7. The maximum Gasteiger partial charge on any atom is 0.356 e. The van der Waals surface area contributed by atoms with E-state index in [1.165, 1.54) is 6.42 Å². The third kappa shape index (κ3) is 3.82. The maximum absolute atomic E-state index is 11.8. The van der Waals surface area contributed by atoms with E-state index < -0.39 is 5.97 Å². The Hall–Kier alpha value is -3.44. The molecule has 0 amide bonds. The molecule has 0 radical (unpaired) electrons. The number of carboxylic acids is 1. The normalized spacial score (nSPS) is 25.1. The maximum atomic E-state index is 11.8. The average Bonchev–Trinajstić information content (AvgIpc) is 2.83. The number of aryl methyl sites for hydroxylation is 1. The fraction of sp³-hybridized carbons (Fsp3) is 0.444. The SMILES string of the molecule is Cc1cc([C@H](C)Nc2ccc(Cl)nc2C(=O)O)c2nc(N3C4CC5CC(C4)CC3C5)c(C#N)nc2c1. The summed E-state index contributed by atoms with van der Waals surface area (Å²) >= 11 is 5.93. The Morgan fingerprint density at radius 3 is 2.47 bits per heavy atom. The van der Waals surface area contributed by atoms with Crippen molar-refractivity contribution in [3.8, 4) is 6.07 Å². The molecule has 8 nitrogen and oxygen atoms in total. The van der Waals surface area contributed by atoms with Crippen molar-refractivity contribution >= 4 is 40.1 Å². The van der Waals surface area contributed by atoms with Gasteiger partial charge in [0.2, 0.25) is 0 Å². The van der Waals surface area contributed by atoms with Crippen LogP contribution in [0.2, 0.25) is 5.15 Å². The lowest BCUT2D eigenvalue weighted by Gasteiger charge is -2.57. The van der Waals surface area contributed by atoms with Gasteiger partial charge in [0.25, 0.3) is 0 Å². The van der Waals surface area contributed by atoms with Crippen molar-refractivity contribution in [2.45, 2.75) is 64.1 Å². The van der Waals surface area contributed by atoms with Crippen molar-refractivity contribution < 1.29 is 9.90 Å². The third-order valence-electron chi connectivity index (χ3n) is 8.05. The van der Waals surface area contributed by atoms with E-state index in [9.17, 15) is 15.2 Å². The first-order chi connectivity index (χ1) is 17.3. The second-order valence-corrected chi connectivity index (χ2v) is 10.9. The molecule has 0 spiro atoms. The molecule has 9 heteroatoms. The van der Waals surface area contributed by atoms with E-state index in [-0.39, 0.29) is 16.9 Å². The fourth-order valence-electron chi connectivity index (χ4n) is 6.81. The molecule has 4 fully saturated rings. The van der Waals surface area contributed by atoms with Gasteiger partial charge in [-0.1, -0.05) is 17.7 Å². The Morgan fingerprint density at radius 1 is 1.14 bits per heavy atom. The van der Waals surface area contributed by atoms with Crippen molar-refractivity contribution in [3.05, 3.63) is 51.9 Å². The number of nitriles is 1. The number of aromatic carboxylic acids is 1. The highest BCUT2D eigenvalue weighted by atomic mass is 35.5. The summed E-state index contributed by atoms with van der Waals surface area (Å²) in [5, 5.41) is 23.0. The van der Waals surface area contributed by atoms with E-state index >= 15 is 0 Å². The molecule has 4 bridgehead atoms. The number of carboxylic acid groups (broad SMARTS) is 1. The van der Waals surface area contributed by atoms with Gasteiger partial charge in [-0.15, -0.1) is 0 Å². The largest absolute Gasteiger partial charge is 0.476 e. The first-order valence-corrected chi connectivity index (χ1v) is 12.9. The van der Waals surface area contributed by atoms with Crippen LogP contribution in [0.3, 0.4) is 0 Å². The van der Waals surface area contributed by atoms with Gasteiger partial charge in [0, 0.05) is 17.6 Å². The first kappa shape index (κ1) is 23.0. The molecule has 2 aromatic heterocycles. The standard InChI is InChI=1S/C27H27ClN6O2/c1-13-5-19(14(2)30-20-3-4-23(28)32-25(20)27(35)36)24-21(6-13)31-22(12-29)26(33-24)34-17-8-15-7-16(10-17)11-18(34)9-15/h3-6,14-18,30H,7-11H2,1-2H3,(H,35,36)/t14-,15?,16?,17?,18?/m0/s1. The summed E-state index contributed by atoms with van der Waals surface area (Å²) in [5.41, 5.74) is 3.88. The number of pyridine rings is 1. The van der Waals surface area contributed by atoms with Crippen molar-refractivity contribution in [3.63, 3.8) is 0 Å². The zero-order valence-corrected chi connectivity index (χ0v) is 21.0. The van der Waals surface area contributed by atoms with Crippen LogP contribution >= 0.6 is 11.6 Å². The quantitative estimate of drug-likeness (QED) is 0.439. The number of piperidine rings is 2. The van der Waals surface area contributed by atoms with Crippen molar-refractivity contribution in [1.82, 2.24) is 15.0 Å². The lowest BCUT2D eigenvalue weighted by Crippen LogP contribution is -2.58. The van der Waals surface area contributed by atoms with Crippen LogP contribution < -0.4 is 10.2 Å². The van der Waals surface area contributed by atoms with E-state index in [4.69, 9.17) is 21.6 Å². The number of nitrogens with one attached hydrogen (secondary N) is 1. The van der Waals surface area contributed by atoms with Gasteiger partial charge in [-0.05, 0) is 81.5 Å². The van der Waals surface area contributed by atoms with Crippen molar-refractivity contribution in [2.75, 3.05) is 10.2 Å². The van der Waals surface area contributed by atoms with Gasteiger partial charge in [0.1, 0.15) is 11.2 Å². The Bertz CT molecular complexity index is 1410. The summed E-state index contributed by atoms with van der Waals surface area (Å²) in [7, 11) is 0. The van der Waals surface area contributed by atoms with Crippen molar-refractivity contribution in [1.29, 1.82) is 5.26 Å². The summed E-state index contributed by atoms with van der Waals surface area (Å²) in [4.78, 5) is 28.0. The van der Waals surface area contributed by atoms with Gasteiger partial charge in [-0.25, -0.2) is 19.7 Å². The van der Waals surface area contributed by atoms with E-state index in [0.29, 0.717) is 34.8 Å². The summed E-state index contributed by atoms with van der Waals surface area (Å²) in [6, 6.07) is 10.0. The van der Waals surface area contributed by atoms with Gasteiger partial charge in [-0.2, -0.15) is 5.26 Å². The Balaban J connectivity index is 1.43.